The summed E-state index contributed by atoms with van der Waals surface area (Å²) in [6, 6.07) is 11.8. The lowest BCUT2D eigenvalue weighted by Gasteiger charge is -2.15. The van der Waals surface area contributed by atoms with E-state index in [0.717, 1.165) is 29.1 Å². The van der Waals surface area contributed by atoms with Crippen LogP contribution in [0.15, 0.2) is 46.8 Å². The van der Waals surface area contributed by atoms with E-state index < -0.39 is 0 Å². The van der Waals surface area contributed by atoms with Crippen molar-refractivity contribution in [2.24, 2.45) is 4.99 Å². The minimum Gasteiger partial charge on any atom is -0.331 e. The Kier molecular flexibility index (Phi) is 7.73. The van der Waals surface area contributed by atoms with Crippen molar-refractivity contribution in [1.29, 1.82) is 0 Å². The maximum Gasteiger partial charge on any atom is 0.229 e. The zero-order valence-electron chi connectivity index (χ0n) is 17.0. The minimum atomic E-state index is 0.370. The van der Waals surface area contributed by atoms with Crippen molar-refractivity contribution >= 4 is 57.9 Å². The summed E-state index contributed by atoms with van der Waals surface area (Å²) in [4.78, 5) is 14.8. The SMILES string of the molecule is Cc1cc(C)nc(NC(=NCCc2cccs2)NC(=S)Nc2cccc(C)c2Cl)n1. The molecule has 0 amide bonds. The molecule has 0 bridgehead atoms. The molecule has 156 valence electrons. The van der Waals surface area contributed by atoms with Crippen molar-refractivity contribution in [1.82, 2.24) is 15.3 Å². The monoisotopic (exact) mass is 458 g/mol. The van der Waals surface area contributed by atoms with E-state index in [-0.39, 0.29) is 0 Å². The number of anilines is 2. The number of rotatable bonds is 5. The maximum absolute atomic E-state index is 6.36. The van der Waals surface area contributed by atoms with E-state index in [0.29, 0.717) is 28.6 Å². The van der Waals surface area contributed by atoms with E-state index in [9.17, 15) is 0 Å². The second-order valence-electron chi connectivity index (χ2n) is 6.67. The normalized spacial score (nSPS) is 11.3. The van der Waals surface area contributed by atoms with Gasteiger partial charge in [0.15, 0.2) is 5.11 Å². The van der Waals surface area contributed by atoms with E-state index in [1.165, 1.54) is 4.88 Å². The van der Waals surface area contributed by atoms with Crippen molar-refractivity contribution in [2.45, 2.75) is 27.2 Å². The van der Waals surface area contributed by atoms with Gasteiger partial charge in [0, 0.05) is 29.2 Å². The summed E-state index contributed by atoms with van der Waals surface area (Å²) in [5.41, 5.74) is 3.44. The molecule has 1 aromatic carbocycles. The Morgan fingerprint density at radius 2 is 1.87 bits per heavy atom. The van der Waals surface area contributed by atoms with Crippen LogP contribution in [0.4, 0.5) is 11.6 Å². The average Bonchev–Trinajstić information content (AvgIpc) is 3.18. The molecule has 0 spiro atoms. The highest BCUT2D eigenvalue weighted by Gasteiger charge is 2.09. The van der Waals surface area contributed by atoms with Gasteiger partial charge >= 0.3 is 0 Å². The number of halogens is 1. The number of aliphatic imine (C=N–C) groups is 1. The van der Waals surface area contributed by atoms with Crippen molar-refractivity contribution < 1.29 is 0 Å². The number of benzene rings is 1. The number of hydrogen-bond donors (Lipinski definition) is 3. The fraction of sp³-hybridized carbons (Fsp3) is 0.238. The second kappa shape index (κ2) is 10.5. The molecule has 2 aromatic heterocycles. The molecule has 0 aliphatic heterocycles. The second-order valence-corrected chi connectivity index (χ2v) is 8.49. The molecule has 0 aliphatic rings. The summed E-state index contributed by atoms with van der Waals surface area (Å²) in [5, 5.41) is 12.4. The van der Waals surface area contributed by atoms with Crippen LogP contribution < -0.4 is 16.0 Å². The van der Waals surface area contributed by atoms with Gasteiger partial charge in [-0.15, -0.1) is 11.3 Å². The zero-order chi connectivity index (χ0) is 21.5. The summed E-state index contributed by atoms with van der Waals surface area (Å²) in [5.74, 6) is 0.934. The first-order valence-electron chi connectivity index (χ1n) is 9.40. The summed E-state index contributed by atoms with van der Waals surface area (Å²) < 4.78 is 0. The highest BCUT2D eigenvalue weighted by atomic mass is 35.5. The Labute approximate surface area is 190 Å². The first kappa shape index (κ1) is 22.1. The predicted octanol–water partition coefficient (Wildman–Crippen LogP) is 5.11. The molecule has 0 atom stereocenters. The molecule has 3 aromatic rings. The van der Waals surface area contributed by atoms with Crippen LogP contribution in [-0.4, -0.2) is 27.6 Å². The Balaban J connectivity index is 1.73. The largest absolute Gasteiger partial charge is 0.331 e. The number of thiophene rings is 1. The number of hydrogen-bond acceptors (Lipinski definition) is 5. The molecular formula is C21H23ClN6S2. The van der Waals surface area contributed by atoms with Crippen LogP contribution in [0.2, 0.25) is 5.02 Å². The molecule has 3 N–H and O–H groups in total. The molecular weight excluding hydrogens is 436 g/mol. The van der Waals surface area contributed by atoms with Crippen LogP contribution >= 0.6 is 35.2 Å². The van der Waals surface area contributed by atoms with Gasteiger partial charge in [0.1, 0.15) is 0 Å². The first-order valence-corrected chi connectivity index (χ1v) is 11.1. The van der Waals surface area contributed by atoms with E-state index in [1.54, 1.807) is 11.3 Å². The average molecular weight is 459 g/mol. The van der Waals surface area contributed by atoms with Crippen LogP contribution in [0, 0.1) is 20.8 Å². The Morgan fingerprint density at radius 3 is 2.57 bits per heavy atom. The molecule has 0 radical (unpaired) electrons. The van der Waals surface area contributed by atoms with Gasteiger partial charge in [-0.25, -0.2) is 9.97 Å². The number of aryl methyl sites for hydroxylation is 3. The lowest BCUT2D eigenvalue weighted by molar-refractivity contribution is 0.973. The highest BCUT2D eigenvalue weighted by Crippen LogP contribution is 2.24. The lowest BCUT2D eigenvalue weighted by atomic mass is 10.2. The standard InChI is InChI=1S/C21H23ClN6S2/c1-13-6-4-8-17(18(13)22)26-21(29)28-19(23-10-9-16-7-5-11-30-16)27-20-24-14(2)12-15(3)25-20/h4-8,11-12H,9-10H2,1-3H3,(H3,23,24,25,26,27,28,29). The number of nitrogens with zero attached hydrogens (tertiary/aromatic N) is 3. The molecule has 0 fully saturated rings. The Morgan fingerprint density at radius 1 is 1.10 bits per heavy atom. The number of guanidine groups is 1. The lowest BCUT2D eigenvalue weighted by Crippen LogP contribution is -2.39. The summed E-state index contributed by atoms with van der Waals surface area (Å²) >= 11 is 13.6. The van der Waals surface area contributed by atoms with Crippen molar-refractivity contribution in [3.8, 4) is 0 Å². The van der Waals surface area contributed by atoms with Gasteiger partial charge in [0.05, 0.1) is 10.7 Å². The summed E-state index contributed by atoms with van der Waals surface area (Å²) in [6.07, 6.45) is 0.835. The number of nitrogens with one attached hydrogen (secondary N) is 3. The van der Waals surface area contributed by atoms with Gasteiger partial charge in [0.25, 0.3) is 0 Å². The fourth-order valence-electron chi connectivity index (χ4n) is 2.74. The van der Waals surface area contributed by atoms with Crippen LogP contribution in [0.25, 0.3) is 0 Å². The summed E-state index contributed by atoms with van der Waals surface area (Å²) in [6.45, 7) is 6.38. The van der Waals surface area contributed by atoms with Crippen LogP contribution in [0.5, 0.6) is 0 Å². The smallest absolute Gasteiger partial charge is 0.229 e. The van der Waals surface area contributed by atoms with Crippen molar-refractivity contribution in [3.05, 3.63) is 68.6 Å². The molecule has 0 saturated carbocycles. The molecule has 3 rings (SSSR count). The molecule has 6 nitrogen and oxygen atoms in total. The third kappa shape index (κ3) is 6.48. The molecule has 0 aliphatic carbocycles. The number of thiocarbonyl (C=S) groups is 1. The van der Waals surface area contributed by atoms with Gasteiger partial charge < -0.3 is 10.6 Å². The topological polar surface area (TPSA) is 74.2 Å². The van der Waals surface area contributed by atoms with E-state index in [2.05, 4.69) is 42.4 Å². The zero-order valence-corrected chi connectivity index (χ0v) is 19.4. The van der Waals surface area contributed by atoms with Crippen LogP contribution in [0.3, 0.4) is 0 Å². The maximum atomic E-state index is 6.36. The fourth-order valence-corrected chi connectivity index (χ4v) is 3.81. The quantitative estimate of drug-likeness (QED) is 0.280. The summed E-state index contributed by atoms with van der Waals surface area (Å²) in [7, 11) is 0. The molecule has 9 heteroatoms. The number of aromatic nitrogens is 2. The molecule has 0 saturated heterocycles. The molecule has 2 heterocycles. The third-order valence-corrected chi connectivity index (χ3v) is 5.73. The molecule has 30 heavy (non-hydrogen) atoms. The Hall–Kier alpha value is -2.55. The van der Waals surface area contributed by atoms with Gasteiger partial charge in [-0.05, 0) is 62.1 Å². The van der Waals surface area contributed by atoms with E-state index >= 15 is 0 Å². The highest BCUT2D eigenvalue weighted by molar-refractivity contribution is 7.80. The van der Waals surface area contributed by atoms with Gasteiger partial charge in [0.2, 0.25) is 11.9 Å². The van der Waals surface area contributed by atoms with Crippen LogP contribution in [-0.2, 0) is 6.42 Å². The van der Waals surface area contributed by atoms with Gasteiger partial charge in [-0.1, -0.05) is 29.8 Å². The van der Waals surface area contributed by atoms with Crippen LogP contribution in [0.1, 0.15) is 21.8 Å². The van der Waals surface area contributed by atoms with E-state index in [4.69, 9.17) is 23.8 Å². The predicted molar refractivity (Wildman–Crippen MR) is 131 cm³/mol. The third-order valence-electron chi connectivity index (χ3n) is 4.09. The first-order chi connectivity index (χ1) is 14.4. The Bertz CT molecular complexity index is 1030. The molecule has 0 unspecified atom stereocenters. The minimum absolute atomic E-state index is 0.370. The van der Waals surface area contributed by atoms with E-state index in [1.807, 2.05) is 51.1 Å². The van der Waals surface area contributed by atoms with Gasteiger partial charge in [-0.2, -0.15) is 0 Å². The van der Waals surface area contributed by atoms with Crippen molar-refractivity contribution in [3.63, 3.8) is 0 Å². The van der Waals surface area contributed by atoms with Gasteiger partial charge in [-0.3, -0.25) is 10.3 Å². The van der Waals surface area contributed by atoms with Crippen molar-refractivity contribution in [2.75, 3.05) is 17.2 Å².